The molecule has 11 heteroatoms. The molecule has 0 bridgehead atoms. The fourth-order valence-electron chi connectivity index (χ4n) is 3.23. The van der Waals surface area contributed by atoms with E-state index in [1.54, 1.807) is 60.7 Å². The Hall–Kier alpha value is -5.42. The van der Waals surface area contributed by atoms with Gasteiger partial charge in [-0.25, -0.2) is 10.2 Å². The monoisotopic (exact) mass is 540 g/mol. The van der Waals surface area contributed by atoms with Gasteiger partial charge in [-0.1, -0.05) is 36.4 Å². The number of carbonyl (C=O) groups is 3. The summed E-state index contributed by atoms with van der Waals surface area (Å²) in [4.78, 5) is 48.8. The van der Waals surface area contributed by atoms with Crippen LogP contribution in [0.5, 0.6) is 5.75 Å². The number of nitro benzene ring substituents is 1. The Balaban J connectivity index is 1.41. The molecule has 0 aliphatic rings. The molecule has 0 unspecified atom stereocenters. The first-order valence-corrected chi connectivity index (χ1v) is 12.3. The average molecular weight is 541 g/mol. The first-order valence-electron chi connectivity index (χ1n) is 11.4. The van der Waals surface area contributed by atoms with Gasteiger partial charge >= 0.3 is 5.97 Å². The molecule has 0 spiro atoms. The van der Waals surface area contributed by atoms with Crippen LogP contribution >= 0.6 is 11.3 Å². The zero-order valence-corrected chi connectivity index (χ0v) is 21.0. The first-order chi connectivity index (χ1) is 18.9. The number of nitrogens with zero attached hydrogens (tertiary/aromatic N) is 2. The van der Waals surface area contributed by atoms with Gasteiger partial charge in [0.05, 0.1) is 16.7 Å². The van der Waals surface area contributed by atoms with Crippen molar-refractivity contribution in [1.29, 1.82) is 0 Å². The third-order valence-corrected chi connectivity index (χ3v) is 5.94. The summed E-state index contributed by atoms with van der Waals surface area (Å²) in [7, 11) is 0. The normalized spacial score (nSPS) is 11.1. The lowest BCUT2D eigenvalue weighted by molar-refractivity contribution is -0.384. The van der Waals surface area contributed by atoms with E-state index in [4.69, 9.17) is 4.74 Å². The van der Waals surface area contributed by atoms with Crippen LogP contribution in [-0.2, 0) is 4.79 Å². The van der Waals surface area contributed by atoms with Crippen LogP contribution in [0, 0.1) is 10.1 Å². The number of benzene rings is 3. The van der Waals surface area contributed by atoms with Crippen LogP contribution in [0.4, 0.5) is 5.69 Å². The summed E-state index contributed by atoms with van der Waals surface area (Å²) in [6, 6.07) is 23.6. The number of rotatable bonds is 9. The van der Waals surface area contributed by atoms with Crippen LogP contribution in [0.25, 0.3) is 6.08 Å². The quantitative estimate of drug-likeness (QED) is 0.0781. The average Bonchev–Trinajstić information content (AvgIpc) is 3.46. The Labute approximate surface area is 226 Å². The second-order valence-corrected chi connectivity index (χ2v) is 8.84. The number of non-ortho nitro benzene ring substituents is 1. The van der Waals surface area contributed by atoms with E-state index in [2.05, 4.69) is 15.8 Å². The number of hydrazone groups is 1. The van der Waals surface area contributed by atoms with Gasteiger partial charge in [-0.05, 0) is 59.5 Å². The molecule has 0 atom stereocenters. The minimum Gasteiger partial charge on any atom is -0.423 e. The molecule has 4 aromatic rings. The van der Waals surface area contributed by atoms with Crippen LogP contribution in [0.2, 0.25) is 0 Å². The van der Waals surface area contributed by atoms with E-state index >= 15 is 0 Å². The molecule has 3 aromatic carbocycles. The molecule has 0 saturated heterocycles. The second kappa shape index (κ2) is 12.7. The summed E-state index contributed by atoms with van der Waals surface area (Å²) in [6.07, 6.45) is 2.90. The van der Waals surface area contributed by atoms with E-state index in [1.165, 1.54) is 47.9 Å². The number of thiophene rings is 1. The van der Waals surface area contributed by atoms with Crippen molar-refractivity contribution in [3.63, 3.8) is 0 Å². The smallest absolute Gasteiger partial charge is 0.343 e. The molecule has 194 valence electrons. The zero-order chi connectivity index (χ0) is 27.6. The Kier molecular flexibility index (Phi) is 8.67. The Bertz CT molecular complexity index is 1550. The highest BCUT2D eigenvalue weighted by Gasteiger charge is 2.15. The highest BCUT2D eigenvalue weighted by atomic mass is 32.1. The minimum atomic E-state index is -0.690. The van der Waals surface area contributed by atoms with Crippen LogP contribution in [0.1, 0.15) is 31.2 Å². The van der Waals surface area contributed by atoms with Gasteiger partial charge in [0.1, 0.15) is 11.4 Å². The maximum absolute atomic E-state index is 12.8. The first kappa shape index (κ1) is 26.6. The van der Waals surface area contributed by atoms with E-state index in [0.717, 1.165) is 4.88 Å². The van der Waals surface area contributed by atoms with Crippen molar-refractivity contribution in [2.75, 3.05) is 0 Å². The lowest BCUT2D eigenvalue weighted by Crippen LogP contribution is -2.32. The standard InChI is InChI=1S/C28H20N4O6S/c33-26(20-7-2-1-3-8-20)30-25(17-24-10-5-15-39-24)27(34)31-29-18-19-6-4-9-23(16-19)38-28(35)21-11-13-22(14-12-21)32(36)37/h1-18H,(H,30,33)(H,31,34). The number of nitrogens with one attached hydrogen (secondary N) is 2. The molecule has 0 fully saturated rings. The third-order valence-electron chi connectivity index (χ3n) is 5.12. The maximum Gasteiger partial charge on any atom is 0.343 e. The van der Waals surface area contributed by atoms with Gasteiger partial charge in [0, 0.05) is 22.6 Å². The van der Waals surface area contributed by atoms with Gasteiger partial charge < -0.3 is 10.1 Å². The molecule has 0 aliphatic heterocycles. The van der Waals surface area contributed by atoms with Gasteiger partial charge in [0.2, 0.25) is 0 Å². The van der Waals surface area contributed by atoms with E-state index in [-0.39, 0.29) is 22.7 Å². The van der Waals surface area contributed by atoms with Crippen LogP contribution in [0.3, 0.4) is 0 Å². The minimum absolute atomic E-state index is 0.00855. The van der Waals surface area contributed by atoms with E-state index < -0.39 is 22.7 Å². The molecule has 0 radical (unpaired) electrons. The van der Waals surface area contributed by atoms with Gasteiger partial charge in [0.25, 0.3) is 17.5 Å². The highest BCUT2D eigenvalue weighted by Crippen LogP contribution is 2.17. The molecule has 0 saturated carbocycles. The lowest BCUT2D eigenvalue weighted by Gasteiger charge is -2.09. The van der Waals surface area contributed by atoms with Crippen molar-refractivity contribution in [2.45, 2.75) is 0 Å². The largest absolute Gasteiger partial charge is 0.423 e. The molecular weight excluding hydrogens is 520 g/mol. The van der Waals surface area contributed by atoms with Crippen LogP contribution in [0.15, 0.2) is 107 Å². The van der Waals surface area contributed by atoms with Crippen molar-refractivity contribution < 1.29 is 24.0 Å². The Morgan fingerprint density at radius 1 is 0.897 bits per heavy atom. The molecule has 39 heavy (non-hydrogen) atoms. The highest BCUT2D eigenvalue weighted by molar-refractivity contribution is 7.10. The van der Waals surface area contributed by atoms with Crippen molar-refractivity contribution in [2.24, 2.45) is 5.10 Å². The van der Waals surface area contributed by atoms with Crippen LogP contribution in [-0.4, -0.2) is 28.9 Å². The van der Waals surface area contributed by atoms with Crippen molar-refractivity contribution in [1.82, 2.24) is 10.7 Å². The number of hydrogen-bond donors (Lipinski definition) is 2. The number of hydrogen-bond acceptors (Lipinski definition) is 8. The van der Waals surface area contributed by atoms with Gasteiger partial charge in [0.15, 0.2) is 0 Å². The second-order valence-electron chi connectivity index (χ2n) is 7.86. The summed E-state index contributed by atoms with van der Waals surface area (Å²) >= 11 is 1.40. The molecule has 2 N–H and O–H groups in total. The molecule has 4 rings (SSSR count). The number of esters is 1. The molecule has 0 aliphatic carbocycles. The van der Waals surface area contributed by atoms with E-state index in [1.807, 2.05) is 11.4 Å². The number of nitro groups is 1. The summed E-state index contributed by atoms with van der Waals surface area (Å²) in [5.41, 5.74) is 3.32. The lowest BCUT2D eigenvalue weighted by atomic mass is 10.2. The Morgan fingerprint density at radius 2 is 1.67 bits per heavy atom. The fraction of sp³-hybridized carbons (Fsp3) is 0. The van der Waals surface area contributed by atoms with Gasteiger partial charge in [-0.3, -0.25) is 19.7 Å². The number of ether oxygens (including phenoxy) is 1. The molecule has 1 aromatic heterocycles. The molecule has 2 amide bonds. The number of carbonyl (C=O) groups excluding carboxylic acids is 3. The summed E-state index contributed by atoms with van der Waals surface area (Å²) in [6.45, 7) is 0. The summed E-state index contributed by atoms with van der Waals surface area (Å²) in [5, 5.41) is 19.2. The molecule has 10 nitrogen and oxygen atoms in total. The van der Waals surface area contributed by atoms with Crippen molar-refractivity contribution in [3.05, 3.63) is 134 Å². The maximum atomic E-state index is 12.8. The van der Waals surface area contributed by atoms with Gasteiger partial charge in [-0.2, -0.15) is 5.10 Å². The van der Waals surface area contributed by atoms with Crippen molar-refractivity contribution in [3.8, 4) is 5.75 Å². The predicted octanol–water partition coefficient (Wildman–Crippen LogP) is 4.80. The van der Waals surface area contributed by atoms with Crippen LogP contribution < -0.4 is 15.5 Å². The Morgan fingerprint density at radius 3 is 2.36 bits per heavy atom. The van der Waals surface area contributed by atoms with E-state index in [9.17, 15) is 24.5 Å². The molecular formula is C28H20N4O6S. The SMILES string of the molecule is O=C(NN=Cc1cccc(OC(=O)c2ccc([N+](=O)[O-])cc2)c1)C(=Cc1cccs1)NC(=O)c1ccccc1. The van der Waals surface area contributed by atoms with Gasteiger partial charge in [-0.15, -0.1) is 11.3 Å². The predicted molar refractivity (Wildman–Crippen MR) is 146 cm³/mol. The third kappa shape index (κ3) is 7.54. The number of amides is 2. The summed E-state index contributed by atoms with van der Waals surface area (Å²) < 4.78 is 5.34. The van der Waals surface area contributed by atoms with E-state index in [0.29, 0.717) is 11.1 Å². The van der Waals surface area contributed by atoms with Crippen molar-refractivity contribution >= 4 is 47.1 Å². The fourth-order valence-corrected chi connectivity index (χ4v) is 3.88. The zero-order valence-electron chi connectivity index (χ0n) is 20.1. The molecule has 1 heterocycles. The summed E-state index contributed by atoms with van der Waals surface area (Å²) in [5.74, 6) is -1.56. The topological polar surface area (TPSA) is 140 Å².